The van der Waals surface area contributed by atoms with Gasteiger partial charge in [0, 0.05) is 16.6 Å². The highest BCUT2D eigenvalue weighted by Gasteiger charge is 2.47. The van der Waals surface area contributed by atoms with E-state index < -0.39 is 5.41 Å². The molecule has 54 heavy (non-hydrogen) atoms. The molecule has 1 aliphatic rings. The van der Waals surface area contributed by atoms with Gasteiger partial charge >= 0.3 is 0 Å². The smallest absolute Gasteiger partial charge is 0.0714 e. The standard InChI is InChI=1S/C53H37N/c1-5-19-38(20-6-1)39-21-17-22-40(37-39)44-35-36-50(46-30-14-13-29-45(44)46)54(43-27-11-4-12-28-43)51-34-18-33-49-52(51)47-31-15-16-32-48(47)53(49,41-23-7-2-8-24-41)42-25-9-3-10-26-42/h1-37H. The van der Waals surface area contributed by atoms with Crippen molar-refractivity contribution in [1.82, 2.24) is 0 Å². The molecule has 0 N–H and O–H groups in total. The van der Waals surface area contributed by atoms with Gasteiger partial charge in [0.15, 0.2) is 0 Å². The van der Waals surface area contributed by atoms with Gasteiger partial charge in [0.25, 0.3) is 0 Å². The molecule has 9 aromatic carbocycles. The molecule has 0 bridgehead atoms. The molecule has 0 saturated carbocycles. The molecule has 1 heteroatoms. The Labute approximate surface area is 317 Å². The lowest BCUT2D eigenvalue weighted by Gasteiger charge is -2.34. The van der Waals surface area contributed by atoms with Gasteiger partial charge in [0.2, 0.25) is 0 Å². The van der Waals surface area contributed by atoms with Gasteiger partial charge in [-0.1, -0.05) is 194 Å². The fourth-order valence-corrected chi connectivity index (χ4v) is 8.87. The Morgan fingerprint density at radius 3 is 1.57 bits per heavy atom. The molecule has 0 unspecified atom stereocenters. The van der Waals surface area contributed by atoms with E-state index in [9.17, 15) is 0 Å². The number of anilines is 3. The van der Waals surface area contributed by atoms with E-state index in [1.807, 2.05) is 0 Å². The van der Waals surface area contributed by atoms with Crippen LogP contribution in [0.3, 0.4) is 0 Å². The lowest BCUT2D eigenvalue weighted by Crippen LogP contribution is -2.28. The van der Waals surface area contributed by atoms with E-state index in [1.165, 1.54) is 66.4 Å². The van der Waals surface area contributed by atoms with E-state index in [1.54, 1.807) is 0 Å². The van der Waals surface area contributed by atoms with Gasteiger partial charge in [-0.2, -0.15) is 0 Å². The Balaban J connectivity index is 1.24. The molecule has 0 aliphatic heterocycles. The van der Waals surface area contributed by atoms with E-state index >= 15 is 0 Å². The van der Waals surface area contributed by atoms with E-state index in [-0.39, 0.29) is 0 Å². The summed E-state index contributed by atoms with van der Waals surface area (Å²) in [6.07, 6.45) is 0. The number of hydrogen-bond acceptors (Lipinski definition) is 1. The highest BCUT2D eigenvalue weighted by molar-refractivity contribution is 6.08. The SMILES string of the molecule is c1ccc(-c2cccc(-c3ccc(N(c4ccccc4)c4cccc5c4-c4ccccc4C5(c4ccccc4)c4ccccc4)c4ccccc34)c2)cc1. The first-order chi connectivity index (χ1) is 26.8. The van der Waals surface area contributed by atoms with Crippen molar-refractivity contribution in [3.63, 3.8) is 0 Å². The number of para-hydroxylation sites is 1. The molecular formula is C53H37N. The van der Waals surface area contributed by atoms with Crippen molar-refractivity contribution >= 4 is 27.8 Å². The van der Waals surface area contributed by atoms with Crippen molar-refractivity contribution in [3.8, 4) is 33.4 Å². The van der Waals surface area contributed by atoms with Crippen molar-refractivity contribution in [3.05, 3.63) is 247 Å². The second-order valence-electron chi connectivity index (χ2n) is 14.0. The average Bonchev–Trinajstić information content (AvgIpc) is 3.57. The lowest BCUT2D eigenvalue weighted by atomic mass is 9.68. The quantitative estimate of drug-likeness (QED) is 0.161. The largest absolute Gasteiger partial charge is 0.309 e. The van der Waals surface area contributed by atoms with Crippen molar-refractivity contribution in [2.45, 2.75) is 5.41 Å². The van der Waals surface area contributed by atoms with Crippen LogP contribution in [0.2, 0.25) is 0 Å². The van der Waals surface area contributed by atoms with Crippen molar-refractivity contribution in [2.75, 3.05) is 4.90 Å². The molecule has 0 atom stereocenters. The molecule has 0 saturated heterocycles. The van der Waals surface area contributed by atoms with E-state index in [4.69, 9.17) is 0 Å². The third-order valence-corrected chi connectivity index (χ3v) is 11.1. The molecule has 1 aliphatic carbocycles. The molecule has 0 aromatic heterocycles. The minimum absolute atomic E-state index is 0.484. The first-order valence-electron chi connectivity index (χ1n) is 18.7. The summed E-state index contributed by atoms with van der Waals surface area (Å²) in [6, 6.07) is 81.9. The molecule has 0 fully saturated rings. The zero-order valence-corrected chi connectivity index (χ0v) is 29.8. The predicted molar refractivity (Wildman–Crippen MR) is 227 cm³/mol. The Bertz CT molecular complexity index is 2710. The maximum Gasteiger partial charge on any atom is 0.0714 e. The normalized spacial score (nSPS) is 12.6. The molecule has 0 amide bonds. The molecule has 0 spiro atoms. The summed E-state index contributed by atoms with van der Waals surface area (Å²) in [5, 5.41) is 2.42. The predicted octanol–water partition coefficient (Wildman–Crippen LogP) is 14.0. The summed E-state index contributed by atoms with van der Waals surface area (Å²) in [4.78, 5) is 2.48. The summed E-state index contributed by atoms with van der Waals surface area (Å²) in [5.74, 6) is 0. The third-order valence-electron chi connectivity index (χ3n) is 11.1. The van der Waals surface area contributed by atoms with E-state index in [0.29, 0.717) is 0 Å². The Hall–Kier alpha value is -6.96. The molecule has 1 nitrogen and oxygen atoms in total. The van der Waals surface area contributed by atoms with Crippen LogP contribution in [0.4, 0.5) is 17.1 Å². The molecule has 0 heterocycles. The van der Waals surface area contributed by atoms with Gasteiger partial charge in [-0.05, 0) is 85.8 Å². The molecule has 0 radical (unpaired) electrons. The van der Waals surface area contributed by atoms with Gasteiger partial charge in [-0.3, -0.25) is 0 Å². The summed E-state index contributed by atoms with van der Waals surface area (Å²) < 4.78 is 0. The molecule has 9 aromatic rings. The molecule has 10 rings (SSSR count). The first kappa shape index (κ1) is 31.7. The van der Waals surface area contributed by atoms with Crippen molar-refractivity contribution in [1.29, 1.82) is 0 Å². The number of hydrogen-bond donors (Lipinski definition) is 0. The van der Waals surface area contributed by atoms with Gasteiger partial charge in [-0.25, -0.2) is 0 Å². The summed E-state index contributed by atoms with van der Waals surface area (Å²) in [7, 11) is 0. The molecular weight excluding hydrogens is 651 g/mol. The van der Waals surface area contributed by atoms with E-state index in [0.717, 1.165) is 17.1 Å². The van der Waals surface area contributed by atoms with E-state index in [2.05, 4.69) is 229 Å². The van der Waals surface area contributed by atoms with Crippen LogP contribution in [0.1, 0.15) is 22.3 Å². The average molecular weight is 688 g/mol. The monoisotopic (exact) mass is 687 g/mol. The zero-order chi connectivity index (χ0) is 35.9. The minimum atomic E-state index is -0.484. The highest BCUT2D eigenvalue weighted by Crippen LogP contribution is 2.59. The van der Waals surface area contributed by atoms with Crippen LogP contribution in [0.5, 0.6) is 0 Å². The second kappa shape index (κ2) is 13.2. The number of nitrogens with zero attached hydrogens (tertiary/aromatic N) is 1. The Morgan fingerprint density at radius 1 is 0.315 bits per heavy atom. The Morgan fingerprint density at radius 2 is 0.852 bits per heavy atom. The minimum Gasteiger partial charge on any atom is -0.309 e. The van der Waals surface area contributed by atoms with Gasteiger partial charge in [0.1, 0.15) is 0 Å². The van der Waals surface area contributed by atoms with Crippen molar-refractivity contribution in [2.24, 2.45) is 0 Å². The fraction of sp³-hybridized carbons (Fsp3) is 0.0189. The number of fused-ring (bicyclic) bond motifs is 4. The summed E-state index contributed by atoms with van der Waals surface area (Å²) in [5.41, 5.74) is 15.4. The topological polar surface area (TPSA) is 3.24 Å². The van der Waals surface area contributed by atoms with Crippen molar-refractivity contribution < 1.29 is 0 Å². The van der Waals surface area contributed by atoms with Crippen LogP contribution in [0.25, 0.3) is 44.2 Å². The highest BCUT2D eigenvalue weighted by atomic mass is 15.1. The van der Waals surface area contributed by atoms with Crippen LogP contribution in [0, 0.1) is 0 Å². The number of rotatable bonds is 7. The maximum atomic E-state index is 2.48. The number of benzene rings is 9. The summed E-state index contributed by atoms with van der Waals surface area (Å²) >= 11 is 0. The summed E-state index contributed by atoms with van der Waals surface area (Å²) in [6.45, 7) is 0. The van der Waals surface area contributed by atoms with Gasteiger partial charge in [0.05, 0.1) is 16.8 Å². The lowest BCUT2D eigenvalue weighted by molar-refractivity contribution is 0.768. The van der Waals surface area contributed by atoms with Crippen LogP contribution in [-0.4, -0.2) is 0 Å². The van der Waals surface area contributed by atoms with Gasteiger partial charge < -0.3 is 4.90 Å². The second-order valence-corrected chi connectivity index (χ2v) is 14.0. The molecule has 254 valence electrons. The zero-order valence-electron chi connectivity index (χ0n) is 29.8. The first-order valence-corrected chi connectivity index (χ1v) is 18.7. The maximum absolute atomic E-state index is 2.48. The van der Waals surface area contributed by atoms with Crippen LogP contribution in [0.15, 0.2) is 224 Å². The van der Waals surface area contributed by atoms with Crippen LogP contribution < -0.4 is 4.90 Å². The third kappa shape index (κ3) is 5.01. The Kier molecular flexibility index (Phi) is 7.78. The van der Waals surface area contributed by atoms with Gasteiger partial charge in [-0.15, -0.1) is 0 Å². The van der Waals surface area contributed by atoms with Crippen LogP contribution in [-0.2, 0) is 5.41 Å². The fourth-order valence-electron chi connectivity index (χ4n) is 8.87. The van der Waals surface area contributed by atoms with Crippen LogP contribution >= 0.6 is 0 Å².